The van der Waals surface area contributed by atoms with Crippen LogP contribution in [-0.2, 0) is 4.79 Å². The Morgan fingerprint density at radius 3 is 2.42 bits per heavy atom. The number of hydrogen-bond donors (Lipinski definition) is 2. The Morgan fingerprint density at radius 1 is 1.37 bits per heavy atom. The van der Waals surface area contributed by atoms with Gasteiger partial charge in [0.15, 0.2) is 0 Å². The van der Waals surface area contributed by atoms with Crippen LogP contribution in [0.3, 0.4) is 0 Å². The maximum Gasteiger partial charge on any atom is 0.323 e. The summed E-state index contributed by atoms with van der Waals surface area (Å²) < 4.78 is 0. The third kappa shape index (κ3) is 5.49. The van der Waals surface area contributed by atoms with E-state index in [1.165, 1.54) is 25.9 Å². The van der Waals surface area contributed by atoms with Gasteiger partial charge in [-0.15, -0.1) is 0 Å². The topological polar surface area (TPSA) is 66.6 Å². The van der Waals surface area contributed by atoms with Crippen molar-refractivity contribution in [1.29, 1.82) is 0 Å². The van der Waals surface area contributed by atoms with Crippen LogP contribution >= 0.6 is 0 Å². The summed E-state index contributed by atoms with van der Waals surface area (Å²) in [6, 6.07) is 0. The van der Waals surface area contributed by atoms with Crippen LogP contribution in [0, 0.1) is 11.8 Å². The number of rotatable bonds is 7. The summed E-state index contributed by atoms with van der Waals surface area (Å²) in [5.41, 5.74) is 4.65. The highest BCUT2D eigenvalue weighted by atomic mass is 16.4. The smallest absolute Gasteiger partial charge is 0.323 e. The van der Waals surface area contributed by atoms with Gasteiger partial charge in [-0.05, 0) is 70.5 Å². The maximum absolute atomic E-state index is 10.9. The molecule has 1 aliphatic rings. The second-order valence-corrected chi connectivity index (χ2v) is 6.60. The molecule has 1 unspecified atom stereocenters. The highest BCUT2D eigenvalue weighted by Gasteiger charge is 2.27. The average molecular weight is 270 g/mol. The molecule has 0 bridgehead atoms. The lowest BCUT2D eigenvalue weighted by atomic mass is 9.86. The van der Waals surface area contributed by atoms with Crippen LogP contribution in [0.15, 0.2) is 0 Å². The molecule has 4 nitrogen and oxygen atoms in total. The molecular formula is C15H30N2O2. The third-order valence-corrected chi connectivity index (χ3v) is 4.48. The molecule has 3 N–H and O–H groups in total. The van der Waals surface area contributed by atoms with Gasteiger partial charge in [0.1, 0.15) is 5.54 Å². The SMILES string of the molecule is CC(C)C1CCN(CCCCC(C)(N)C(=O)O)CC1. The van der Waals surface area contributed by atoms with Crippen molar-refractivity contribution in [3.63, 3.8) is 0 Å². The zero-order valence-corrected chi connectivity index (χ0v) is 12.7. The first-order valence-corrected chi connectivity index (χ1v) is 7.57. The van der Waals surface area contributed by atoms with Crippen molar-refractivity contribution in [2.45, 2.75) is 58.4 Å². The zero-order valence-electron chi connectivity index (χ0n) is 12.7. The molecule has 1 rings (SSSR count). The monoisotopic (exact) mass is 270 g/mol. The van der Waals surface area contributed by atoms with E-state index in [1.54, 1.807) is 6.92 Å². The molecule has 1 aliphatic heterocycles. The number of nitrogens with zero attached hydrogens (tertiary/aromatic N) is 1. The molecule has 0 saturated carbocycles. The van der Waals surface area contributed by atoms with Crippen molar-refractivity contribution in [3.8, 4) is 0 Å². The minimum atomic E-state index is -1.06. The molecule has 0 aromatic heterocycles. The van der Waals surface area contributed by atoms with Crippen molar-refractivity contribution in [2.24, 2.45) is 17.6 Å². The first-order chi connectivity index (χ1) is 8.83. The number of nitrogens with two attached hydrogens (primary N) is 1. The number of aliphatic carboxylic acids is 1. The fourth-order valence-electron chi connectivity index (χ4n) is 2.78. The average Bonchev–Trinajstić information content (AvgIpc) is 2.35. The van der Waals surface area contributed by atoms with Crippen LogP contribution in [0.1, 0.15) is 52.9 Å². The molecule has 1 saturated heterocycles. The lowest BCUT2D eigenvalue weighted by Gasteiger charge is -2.34. The molecule has 0 aromatic rings. The molecule has 1 heterocycles. The van der Waals surface area contributed by atoms with Crippen LogP contribution in [0.4, 0.5) is 0 Å². The molecule has 112 valence electrons. The molecule has 1 fully saturated rings. The summed E-state index contributed by atoms with van der Waals surface area (Å²) in [7, 11) is 0. The number of likely N-dealkylation sites (tertiary alicyclic amines) is 1. The minimum Gasteiger partial charge on any atom is -0.480 e. The van der Waals surface area contributed by atoms with Crippen LogP contribution in [0.5, 0.6) is 0 Å². The number of carboxylic acids is 1. The van der Waals surface area contributed by atoms with Crippen molar-refractivity contribution in [1.82, 2.24) is 4.90 Å². The normalized spacial score (nSPS) is 21.5. The highest BCUT2D eigenvalue weighted by Crippen LogP contribution is 2.24. The van der Waals surface area contributed by atoms with Gasteiger partial charge in [-0.1, -0.05) is 13.8 Å². The van der Waals surface area contributed by atoms with Crippen molar-refractivity contribution in [3.05, 3.63) is 0 Å². The van der Waals surface area contributed by atoms with Crippen molar-refractivity contribution < 1.29 is 9.90 Å². The Hall–Kier alpha value is -0.610. The largest absolute Gasteiger partial charge is 0.480 e. The lowest BCUT2D eigenvalue weighted by Crippen LogP contribution is -2.44. The summed E-state index contributed by atoms with van der Waals surface area (Å²) in [6.45, 7) is 9.70. The van der Waals surface area contributed by atoms with Crippen LogP contribution in [0.2, 0.25) is 0 Å². The van der Waals surface area contributed by atoms with E-state index >= 15 is 0 Å². The summed E-state index contributed by atoms with van der Waals surface area (Å²) in [5, 5.41) is 8.94. The van der Waals surface area contributed by atoms with Gasteiger partial charge in [0.05, 0.1) is 0 Å². The van der Waals surface area contributed by atoms with Crippen LogP contribution < -0.4 is 5.73 Å². The molecule has 0 aliphatic carbocycles. The number of piperidine rings is 1. The predicted octanol–water partition coefficient (Wildman–Crippen LogP) is 2.33. The van der Waals surface area contributed by atoms with E-state index in [2.05, 4.69) is 18.7 Å². The van der Waals surface area contributed by atoms with E-state index in [0.717, 1.165) is 31.2 Å². The molecule has 4 heteroatoms. The van der Waals surface area contributed by atoms with Crippen LogP contribution in [-0.4, -0.2) is 41.1 Å². The van der Waals surface area contributed by atoms with Gasteiger partial charge in [-0.3, -0.25) is 4.79 Å². The van der Waals surface area contributed by atoms with Gasteiger partial charge in [0, 0.05) is 0 Å². The summed E-state index contributed by atoms with van der Waals surface area (Å²) in [6.07, 6.45) is 5.11. The molecule has 0 radical (unpaired) electrons. The molecule has 0 aromatic carbocycles. The van der Waals surface area contributed by atoms with Gasteiger partial charge < -0.3 is 15.7 Å². The van der Waals surface area contributed by atoms with E-state index in [9.17, 15) is 4.79 Å². The summed E-state index contributed by atoms with van der Waals surface area (Å²) in [5.74, 6) is 0.788. The van der Waals surface area contributed by atoms with Gasteiger partial charge in [-0.25, -0.2) is 0 Å². The van der Waals surface area contributed by atoms with E-state index in [1.807, 2.05) is 0 Å². The second kappa shape index (κ2) is 7.25. The van der Waals surface area contributed by atoms with Gasteiger partial charge in [0.25, 0.3) is 0 Å². The quantitative estimate of drug-likeness (QED) is 0.697. The summed E-state index contributed by atoms with van der Waals surface area (Å²) >= 11 is 0. The van der Waals surface area contributed by atoms with Gasteiger partial charge in [-0.2, -0.15) is 0 Å². The number of carboxylic acid groups (broad SMARTS) is 1. The number of carbonyl (C=O) groups is 1. The Balaban J connectivity index is 2.13. The first kappa shape index (κ1) is 16.4. The molecule has 1 atom stereocenters. The summed E-state index contributed by atoms with van der Waals surface area (Å²) in [4.78, 5) is 13.4. The second-order valence-electron chi connectivity index (χ2n) is 6.60. The highest BCUT2D eigenvalue weighted by molar-refractivity contribution is 5.77. The standard InChI is InChI=1S/C15H30N2O2/c1-12(2)13-6-10-17(11-7-13)9-5-4-8-15(3,16)14(18)19/h12-13H,4-11,16H2,1-3H3,(H,18,19). The van der Waals surface area contributed by atoms with E-state index in [0.29, 0.717) is 6.42 Å². The van der Waals surface area contributed by atoms with Gasteiger partial charge >= 0.3 is 5.97 Å². The first-order valence-electron chi connectivity index (χ1n) is 7.57. The van der Waals surface area contributed by atoms with Crippen molar-refractivity contribution >= 4 is 5.97 Å². The number of unbranched alkanes of at least 4 members (excludes halogenated alkanes) is 1. The Labute approximate surface area is 117 Å². The maximum atomic E-state index is 10.9. The van der Waals surface area contributed by atoms with Crippen molar-refractivity contribution in [2.75, 3.05) is 19.6 Å². The Kier molecular flexibility index (Phi) is 6.27. The van der Waals surface area contributed by atoms with Gasteiger partial charge in [0.2, 0.25) is 0 Å². The van der Waals surface area contributed by atoms with E-state index in [-0.39, 0.29) is 0 Å². The fraction of sp³-hybridized carbons (Fsp3) is 0.933. The molecule has 0 spiro atoms. The lowest BCUT2D eigenvalue weighted by molar-refractivity contribution is -0.142. The number of hydrogen-bond acceptors (Lipinski definition) is 3. The van der Waals surface area contributed by atoms with E-state index < -0.39 is 11.5 Å². The zero-order chi connectivity index (χ0) is 14.5. The molecule has 19 heavy (non-hydrogen) atoms. The molecule has 0 amide bonds. The predicted molar refractivity (Wildman–Crippen MR) is 78.1 cm³/mol. The minimum absolute atomic E-state index is 0.560. The fourth-order valence-corrected chi connectivity index (χ4v) is 2.78. The third-order valence-electron chi connectivity index (χ3n) is 4.48. The Bertz CT molecular complexity index is 282. The van der Waals surface area contributed by atoms with Crippen LogP contribution in [0.25, 0.3) is 0 Å². The van der Waals surface area contributed by atoms with E-state index in [4.69, 9.17) is 10.8 Å². The Morgan fingerprint density at radius 2 is 1.95 bits per heavy atom. The molecular weight excluding hydrogens is 240 g/mol.